The minimum atomic E-state index is -0.250. The Morgan fingerprint density at radius 2 is 1.95 bits per heavy atom. The molecule has 2 aliphatic rings. The maximum Gasteiger partial charge on any atom is 0.222 e. The van der Waals surface area contributed by atoms with Gasteiger partial charge in [0.2, 0.25) is 5.91 Å². The SMILES string of the molecule is CCOC1CC(O)C12CCN(C(=O)CC(CC)C(C)C)CC2. The number of piperidine rings is 1. The van der Waals surface area contributed by atoms with Crippen LogP contribution in [0.4, 0.5) is 0 Å². The number of ether oxygens (including phenoxy) is 1. The molecular formula is C18H33NO3. The average molecular weight is 311 g/mol. The zero-order valence-corrected chi connectivity index (χ0v) is 14.7. The first kappa shape index (κ1) is 17.7. The van der Waals surface area contributed by atoms with E-state index in [2.05, 4.69) is 20.8 Å². The number of amides is 1. The summed E-state index contributed by atoms with van der Waals surface area (Å²) >= 11 is 0. The minimum Gasteiger partial charge on any atom is -0.392 e. The molecule has 1 N–H and O–H groups in total. The lowest BCUT2D eigenvalue weighted by molar-refractivity contribution is -0.210. The summed E-state index contributed by atoms with van der Waals surface area (Å²) in [5.41, 5.74) is -0.0883. The van der Waals surface area contributed by atoms with E-state index in [0.717, 1.165) is 38.8 Å². The second kappa shape index (κ2) is 7.31. The summed E-state index contributed by atoms with van der Waals surface area (Å²) in [5, 5.41) is 10.2. The normalized spacial score (nSPS) is 28.7. The fraction of sp³-hybridized carbons (Fsp3) is 0.944. The van der Waals surface area contributed by atoms with Gasteiger partial charge in [-0.25, -0.2) is 0 Å². The van der Waals surface area contributed by atoms with Crippen LogP contribution in [0.1, 0.15) is 59.8 Å². The highest BCUT2D eigenvalue weighted by Gasteiger charge is 2.56. The molecule has 0 bridgehead atoms. The van der Waals surface area contributed by atoms with Gasteiger partial charge in [-0.2, -0.15) is 0 Å². The van der Waals surface area contributed by atoms with Crippen molar-refractivity contribution in [2.75, 3.05) is 19.7 Å². The van der Waals surface area contributed by atoms with Gasteiger partial charge >= 0.3 is 0 Å². The van der Waals surface area contributed by atoms with Crippen molar-refractivity contribution in [1.29, 1.82) is 0 Å². The lowest BCUT2D eigenvalue weighted by Crippen LogP contribution is -2.62. The van der Waals surface area contributed by atoms with Crippen LogP contribution in [0.3, 0.4) is 0 Å². The van der Waals surface area contributed by atoms with E-state index in [1.54, 1.807) is 0 Å². The van der Waals surface area contributed by atoms with Crippen LogP contribution in [0.15, 0.2) is 0 Å². The third kappa shape index (κ3) is 3.33. The van der Waals surface area contributed by atoms with Crippen LogP contribution in [0.5, 0.6) is 0 Å². The maximum absolute atomic E-state index is 12.5. The zero-order valence-electron chi connectivity index (χ0n) is 14.7. The number of aliphatic hydroxyl groups is 1. The van der Waals surface area contributed by atoms with Gasteiger partial charge in [-0.05, 0) is 31.6 Å². The highest BCUT2D eigenvalue weighted by molar-refractivity contribution is 5.76. The van der Waals surface area contributed by atoms with Gasteiger partial charge in [0.15, 0.2) is 0 Å². The fourth-order valence-electron chi connectivity index (χ4n) is 4.19. The Morgan fingerprint density at radius 3 is 2.41 bits per heavy atom. The van der Waals surface area contributed by atoms with Crippen LogP contribution in [0.2, 0.25) is 0 Å². The molecule has 0 aromatic rings. The summed E-state index contributed by atoms with van der Waals surface area (Å²) in [7, 11) is 0. The number of rotatable bonds is 6. The molecule has 2 fully saturated rings. The highest BCUT2D eigenvalue weighted by atomic mass is 16.5. The zero-order chi connectivity index (χ0) is 16.3. The largest absolute Gasteiger partial charge is 0.392 e. The van der Waals surface area contributed by atoms with Crippen LogP contribution in [0, 0.1) is 17.3 Å². The van der Waals surface area contributed by atoms with E-state index in [1.165, 1.54) is 0 Å². The average Bonchev–Trinajstić information content (AvgIpc) is 2.52. The van der Waals surface area contributed by atoms with E-state index in [9.17, 15) is 9.90 Å². The Bertz CT molecular complexity index is 373. The predicted molar refractivity (Wildman–Crippen MR) is 87.5 cm³/mol. The van der Waals surface area contributed by atoms with Gasteiger partial charge in [0.25, 0.3) is 0 Å². The van der Waals surface area contributed by atoms with Crippen LogP contribution in [0.25, 0.3) is 0 Å². The molecule has 1 saturated heterocycles. The van der Waals surface area contributed by atoms with Crippen molar-refractivity contribution in [3.63, 3.8) is 0 Å². The maximum atomic E-state index is 12.5. The predicted octanol–water partition coefficient (Wildman–Crippen LogP) is 2.84. The molecular weight excluding hydrogens is 278 g/mol. The fourth-order valence-corrected chi connectivity index (χ4v) is 4.19. The van der Waals surface area contributed by atoms with Crippen molar-refractivity contribution < 1.29 is 14.6 Å². The van der Waals surface area contributed by atoms with Crippen molar-refractivity contribution in [3.8, 4) is 0 Å². The van der Waals surface area contributed by atoms with Gasteiger partial charge in [0, 0.05) is 38.0 Å². The van der Waals surface area contributed by atoms with E-state index >= 15 is 0 Å². The number of aliphatic hydroxyl groups excluding tert-OH is 1. The summed E-state index contributed by atoms with van der Waals surface area (Å²) in [5.74, 6) is 1.33. The van der Waals surface area contributed by atoms with Gasteiger partial charge in [-0.1, -0.05) is 27.2 Å². The second-order valence-corrected chi connectivity index (χ2v) is 7.43. The van der Waals surface area contributed by atoms with Crippen LogP contribution < -0.4 is 0 Å². The van der Waals surface area contributed by atoms with Crippen LogP contribution >= 0.6 is 0 Å². The van der Waals surface area contributed by atoms with Crippen molar-refractivity contribution in [3.05, 3.63) is 0 Å². The molecule has 0 radical (unpaired) electrons. The Morgan fingerprint density at radius 1 is 1.32 bits per heavy atom. The number of nitrogens with zero attached hydrogens (tertiary/aromatic N) is 1. The molecule has 1 aliphatic carbocycles. The molecule has 1 aliphatic heterocycles. The molecule has 1 amide bonds. The minimum absolute atomic E-state index is 0.0883. The van der Waals surface area contributed by atoms with E-state index in [1.807, 2.05) is 11.8 Å². The summed E-state index contributed by atoms with van der Waals surface area (Å²) in [6.45, 7) is 10.8. The van der Waals surface area contributed by atoms with E-state index in [-0.39, 0.29) is 23.5 Å². The topological polar surface area (TPSA) is 49.8 Å². The molecule has 4 heteroatoms. The number of carbonyl (C=O) groups is 1. The molecule has 22 heavy (non-hydrogen) atoms. The Balaban J connectivity index is 1.87. The molecule has 0 aromatic carbocycles. The number of carbonyl (C=O) groups excluding carboxylic acids is 1. The van der Waals surface area contributed by atoms with Gasteiger partial charge in [0.05, 0.1) is 12.2 Å². The smallest absolute Gasteiger partial charge is 0.222 e. The highest BCUT2D eigenvalue weighted by Crippen LogP contribution is 2.51. The molecule has 4 nitrogen and oxygen atoms in total. The van der Waals surface area contributed by atoms with Crippen molar-refractivity contribution in [2.45, 2.75) is 72.0 Å². The number of likely N-dealkylation sites (tertiary alicyclic amines) is 1. The summed E-state index contributed by atoms with van der Waals surface area (Å²) in [6.07, 6.45) is 4.17. The Labute approximate surface area is 135 Å². The van der Waals surface area contributed by atoms with Crippen LogP contribution in [-0.2, 0) is 9.53 Å². The first-order valence-electron chi connectivity index (χ1n) is 9.02. The molecule has 0 aromatic heterocycles. The van der Waals surface area contributed by atoms with Crippen molar-refractivity contribution in [1.82, 2.24) is 4.90 Å². The molecule has 3 unspecified atom stereocenters. The molecule has 2 rings (SSSR count). The van der Waals surface area contributed by atoms with Gasteiger partial charge < -0.3 is 14.7 Å². The third-order valence-corrected chi connectivity index (χ3v) is 6.06. The Hall–Kier alpha value is -0.610. The lowest BCUT2D eigenvalue weighted by Gasteiger charge is -2.56. The van der Waals surface area contributed by atoms with Gasteiger partial charge in [-0.3, -0.25) is 4.79 Å². The molecule has 1 heterocycles. The molecule has 128 valence electrons. The van der Waals surface area contributed by atoms with Crippen LogP contribution in [-0.4, -0.2) is 47.8 Å². The van der Waals surface area contributed by atoms with Crippen molar-refractivity contribution >= 4 is 5.91 Å². The van der Waals surface area contributed by atoms with Crippen molar-refractivity contribution in [2.24, 2.45) is 17.3 Å². The number of hydrogen-bond acceptors (Lipinski definition) is 3. The van der Waals surface area contributed by atoms with E-state index < -0.39 is 0 Å². The Kier molecular flexibility index (Phi) is 5.89. The number of hydrogen-bond donors (Lipinski definition) is 1. The summed E-state index contributed by atoms with van der Waals surface area (Å²) < 4.78 is 5.79. The molecule has 1 spiro atoms. The standard InChI is InChI=1S/C18H33NO3/c1-5-14(13(3)4)11-17(21)19-9-7-18(8-10-19)15(20)12-16(18)22-6-2/h13-16,20H,5-12H2,1-4H3. The first-order chi connectivity index (χ1) is 10.4. The first-order valence-corrected chi connectivity index (χ1v) is 9.02. The third-order valence-electron chi connectivity index (χ3n) is 6.06. The second-order valence-electron chi connectivity index (χ2n) is 7.43. The van der Waals surface area contributed by atoms with E-state index in [0.29, 0.717) is 24.9 Å². The lowest BCUT2D eigenvalue weighted by atomic mass is 9.58. The quantitative estimate of drug-likeness (QED) is 0.820. The summed E-state index contributed by atoms with van der Waals surface area (Å²) in [6, 6.07) is 0. The van der Waals surface area contributed by atoms with Gasteiger partial charge in [-0.15, -0.1) is 0 Å². The van der Waals surface area contributed by atoms with Gasteiger partial charge in [0.1, 0.15) is 0 Å². The van der Waals surface area contributed by atoms with E-state index in [4.69, 9.17) is 4.74 Å². The molecule has 3 atom stereocenters. The summed E-state index contributed by atoms with van der Waals surface area (Å²) in [4.78, 5) is 14.5. The monoisotopic (exact) mass is 311 g/mol. The molecule has 1 saturated carbocycles.